The van der Waals surface area contributed by atoms with Crippen LogP contribution in [0.25, 0.3) is 0 Å². The van der Waals surface area contributed by atoms with Crippen molar-refractivity contribution in [1.82, 2.24) is 8.96 Å². The van der Waals surface area contributed by atoms with Gasteiger partial charge in [-0.1, -0.05) is 91.0 Å². The predicted octanol–water partition coefficient (Wildman–Crippen LogP) is 5.58. The van der Waals surface area contributed by atoms with Gasteiger partial charge in [0.25, 0.3) is 0 Å². The molecule has 0 radical (unpaired) electrons. The molecule has 0 spiro atoms. The van der Waals surface area contributed by atoms with Gasteiger partial charge < -0.3 is 10.5 Å². The number of hydrogen-bond donors (Lipinski definition) is 1. The summed E-state index contributed by atoms with van der Waals surface area (Å²) < 4.78 is 6.91. The van der Waals surface area contributed by atoms with Crippen molar-refractivity contribution in [2.75, 3.05) is 0 Å². The van der Waals surface area contributed by atoms with E-state index in [1.807, 2.05) is 49.1 Å². The molecular weight excluding hydrogens is 454 g/mol. The van der Waals surface area contributed by atoms with Crippen LogP contribution in [-0.4, -0.2) is 26.6 Å². The Morgan fingerprint density at radius 3 is 1.77 bits per heavy atom. The van der Waals surface area contributed by atoms with Crippen LogP contribution in [0, 0.1) is 0 Å². The van der Waals surface area contributed by atoms with Crippen molar-refractivity contribution in [1.29, 1.82) is 0 Å². The minimum Gasteiger partial charge on any atom is -0.459 e. The van der Waals surface area contributed by atoms with Crippen LogP contribution < -0.4 is 5.73 Å². The lowest BCUT2D eigenvalue weighted by Gasteiger charge is -2.35. The van der Waals surface area contributed by atoms with Crippen molar-refractivity contribution in [2.24, 2.45) is 5.73 Å². The summed E-state index contributed by atoms with van der Waals surface area (Å²) in [5.74, 6) is -0.424. The molecule has 180 valence electrons. The molecule has 4 aromatic rings. The molecule has 2 N–H and O–H groups in total. The summed E-state index contributed by atoms with van der Waals surface area (Å²) in [7, 11) is 0. The molecule has 0 saturated carbocycles. The quantitative estimate of drug-likeness (QED) is 0.260. The highest BCUT2D eigenvalue weighted by atomic mass is 32.2. The second-order valence-electron chi connectivity index (χ2n) is 9.44. The Labute approximate surface area is 211 Å². The summed E-state index contributed by atoms with van der Waals surface area (Å²) in [6.07, 6.45) is 4.03. The molecular formula is C29H31N3O2S. The Morgan fingerprint density at radius 1 is 0.886 bits per heavy atom. The zero-order valence-electron chi connectivity index (χ0n) is 20.3. The molecule has 5 nitrogen and oxygen atoms in total. The Hall–Kier alpha value is -3.35. The number of benzene rings is 3. The molecule has 0 aliphatic carbocycles. The van der Waals surface area contributed by atoms with Gasteiger partial charge in [-0.3, -0.25) is 8.77 Å². The van der Waals surface area contributed by atoms with E-state index in [0.29, 0.717) is 6.42 Å². The molecule has 1 atom stereocenters. The van der Waals surface area contributed by atoms with E-state index in [1.165, 1.54) is 0 Å². The third-order valence-corrected chi connectivity index (χ3v) is 6.93. The molecule has 1 heterocycles. The number of imidazole rings is 1. The summed E-state index contributed by atoms with van der Waals surface area (Å²) in [6.45, 7) is 5.50. The number of ether oxygens (including phenoxy) is 1. The smallest absolute Gasteiger partial charge is 0.323 e. The predicted molar refractivity (Wildman–Crippen MR) is 142 cm³/mol. The van der Waals surface area contributed by atoms with Crippen molar-refractivity contribution in [3.05, 3.63) is 126 Å². The van der Waals surface area contributed by atoms with Gasteiger partial charge in [0.1, 0.15) is 22.7 Å². The fraction of sp³-hybridized carbons (Fsp3) is 0.241. The minimum atomic E-state index is -0.773. The lowest BCUT2D eigenvalue weighted by Crippen LogP contribution is -2.38. The number of nitrogens with two attached hydrogens (primary N) is 1. The molecule has 0 amide bonds. The van der Waals surface area contributed by atoms with E-state index < -0.39 is 22.4 Å². The third kappa shape index (κ3) is 5.84. The van der Waals surface area contributed by atoms with Crippen molar-refractivity contribution in [3.8, 4) is 0 Å². The molecule has 0 saturated heterocycles. The SMILES string of the molecule is CC(C)(C)OC(=O)[C@@H](N)Cc1cn(SC(c2ccccc2)(c2ccccc2)c2ccccc2)cn1. The zero-order chi connectivity index (χ0) is 24.9. The Bertz CT molecular complexity index is 1140. The van der Waals surface area contributed by atoms with Crippen LogP contribution in [0.4, 0.5) is 0 Å². The number of carbonyl (C=O) groups excluding carboxylic acids is 1. The van der Waals surface area contributed by atoms with E-state index in [2.05, 4.69) is 77.8 Å². The van der Waals surface area contributed by atoms with E-state index in [0.717, 1.165) is 22.4 Å². The number of aromatic nitrogens is 2. The Kier molecular flexibility index (Phi) is 7.43. The first-order valence-electron chi connectivity index (χ1n) is 11.7. The van der Waals surface area contributed by atoms with Crippen molar-refractivity contribution in [2.45, 2.75) is 43.6 Å². The number of rotatable bonds is 8. The zero-order valence-corrected chi connectivity index (χ0v) is 21.1. The summed E-state index contributed by atoms with van der Waals surface area (Å²) in [4.78, 5) is 16.9. The lowest BCUT2D eigenvalue weighted by molar-refractivity contribution is -0.156. The molecule has 6 heteroatoms. The molecule has 0 unspecified atom stereocenters. The largest absolute Gasteiger partial charge is 0.459 e. The second kappa shape index (κ2) is 10.5. The first-order valence-corrected chi connectivity index (χ1v) is 12.4. The average Bonchev–Trinajstić information content (AvgIpc) is 3.29. The molecule has 4 rings (SSSR count). The lowest BCUT2D eigenvalue weighted by atomic mass is 9.84. The highest BCUT2D eigenvalue weighted by molar-refractivity contribution is 7.99. The summed E-state index contributed by atoms with van der Waals surface area (Å²) in [6, 6.07) is 30.6. The van der Waals surface area contributed by atoms with Gasteiger partial charge >= 0.3 is 5.97 Å². The van der Waals surface area contributed by atoms with Gasteiger partial charge in [-0.05, 0) is 49.4 Å². The maximum absolute atomic E-state index is 12.4. The number of carbonyl (C=O) groups is 1. The molecule has 1 aromatic heterocycles. The normalized spacial score (nSPS) is 12.8. The first-order chi connectivity index (χ1) is 16.8. The number of nitrogens with zero attached hydrogens (tertiary/aromatic N) is 2. The van der Waals surface area contributed by atoms with Crippen molar-refractivity contribution >= 4 is 17.9 Å². The number of esters is 1. The maximum Gasteiger partial charge on any atom is 0.323 e. The van der Waals surface area contributed by atoms with Crippen molar-refractivity contribution < 1.29 is 9.53 Å². The van der Waals surface area contributed by atoms with Crippen molar-refractivity contribution in [3.63, 3.8) is 0 Å². The molecule has 0 aliphatic rings. The van der Waals surface area contributed by atoms with Gasteiger partial charge in [0, 0.05) is 12.6 Å². The fourth-order valence-corrected chi connectivity index (χ4v) is 5.33. The van der Waals surface area contributed by atoms with Gasteiger partial charge in [-0.2, -0.15) is 0 Å². The van der Waals surface area contributed by atoms with Crippen LogP contribution >= 0.6 is 11.9 Å². The standard InChI is InChI=1S/C29H31N3O2S/c1-28(2,3)34-27(33)26(30)19-25-20-32(21-31-25)35-29(22-13-7-4-8-14-22,23-15-9-5-10-16-23)24-17-11-6-12-18-24/h4-18,20-21,26H,19,30H2,1-3H3/t26-/m0/s1. The topological polar surface area (TPSA) is 70.1 Å². The number of hydrogen-bond acceptors (Lipinski definition) is 5. The fourth-order valence-electron chi connectivity index (χ4n) is 4.02. The summed E-state index contributed by atoms with van der Waals surface area (Å²) >= 11 is 1.66. The van der Waals surface area contributed by atoms with Gasteiger partial charge in [0.05, 0.1) is 5.69 Å². The highest BCUT2D eigenvalue weighted by Gasteiger charge is 2.38. The third-order valence-electron chi connectivity index (χ3n) is 5.54. The Morgan fingerprint density at radius 2 is 1.34 bits per heavy atom. The molecule has 3 aromatic carbocycles. The maximum atomic E-state index is 12.4. The van der Waals surface area contributed by atoms with E-state index >= 15 is 0 Å². The Balaban J connectivity index is 1.71. The van der Waals surface area contributed by atoms with E-state index in [-0.39, 0.29) is 0 Å². The average molecular weight is 486 g/mol. The monoisotopic (exact) mass is 485 g/mol. The van der Waals surface area contributed by atoms with Gasteiger partial charge in [-0.25, -0.2) is 4.98 Å². The van der Waals surface area contributed by atoms with Crippen LogP contribution in [0.5, 0.6) is 0 Å². The molecule has 0 aliphatic heterocycles. The second-order valence-corrected chi connectivity index (χ2v) is 10.7. The summed E-state index contributed by atoms with van der Waals surface area (Å²) in [5.41, 5.74) is 9.76. The highest BCUT2D eigenvalue weighted by Crippen LogP contribution is 2.48. The van der Waals surface area contributed by atoms with Gasteiger partial charge in [-0.15, -0.1) is 0 Å². The van der Waals surface area contributed by atoms with E-state index in [9.17, 15) is 4.79 Å². The van der Waals surface area contributed by atoms with Crippen LogP contribution in [0.2, 0.25) is 0 Å². The van der Waals surface area contributed by atoms with Gasteiger partial charge in [0.2, 0.25) is 0 Å². The van der Waals surface area contributed by atoms with E-state index in [1.54, 1.807) is 18.3 Å². The molecule has 0 fully saturated rings. The summed E-state index contributed by atoms with van der Waals surface area (Å²) in [5, 5.41) is 0. The molecule has 0 bridgehead atoms. The van der Waals surface area contributed by atoms with Crippen LogP contribution in [0.3, 0.4) is 0 Å². The van der Waals surface area contributed by atoms with Crippen LogP contribution in [0.15, 0.2) is 104 Å². The first kappa shape index (κ1) is 24.8. The van der Waals surface area contributed by atoms with Crippen LogP contribution in [0.1, 0.15) is 43.2 Å². The van der Waals surface area contributed by atoms with E-state index in [4.69, 9.17) is 10.5 Å². The van der Waals surface area contributed by atoms with Crippen LogP contribution in [-0.2, 0) is 20.7 Å². The molecule has 35 heavy (non-hydrogen) atoms. The minimum absolute atomic E-state index is 0.303. The van der Waals surface area contributed by atoms with Gasteiger partial charge in [0.15, 0.2) is 0 Å².